The Morgan fingerprint density at radius 3 is 2.78 bits per heavy atom. The molecule has 1 amide bonds. The van der Waals surface area contributed by atoms with Crippen LogP contribution in [0.1, 0.15) is 16.8 Å². The van der Waals surface area contributed by atoms with E-state index in [4.69, 9.17) is 0 Å². The second-order valence-corrected chi connectivity index (χ2v) is 6.16. The molecule has 0 unspecified atom stereocenters. The van der Waals surface area contributed by atoms with E-state index in [0.717, 1.165) is 5.69 Å². The number of carbonyl (C=O) groups excluding carboxylic acids is 1. The maximum absolute atomic E-state index is 12.4. The van der Waals surface area contributed by atoms with Crippen molar-refractivity contribution in [3.05, 3.63) is 29.8 Å². The smallest absolute Gasteiger partial charge is 0.378 e. The Balaban J connectivity index is 1.82. The first-order valence-corrected chi connectivity index (χ1v) is 7.59. The van der Waals surface area contributed by atoms with Crippen LogP contribution in [-0.4, -0.2) is 57.3 Å². The van der Waals surface area contributed by atoms with Crippen LogP contribution in [0, 0.1) is 5.92 Å². The molecule has 0 saturated carbocycles. The highest BCUT2D eigenvalue weighted by Crippen LogP contribution is 2.22. The van der Waals surface area contributed by atoms with E-state index in [2.05, 4.69) is 5.32 Å². The number of nitrogens with one attached hydrogen (secondary N) is 1. The number of nitrogens with zero attached hydrogens (tertiary/aromatic N) is 2. The number of hydrogen-bond acceptors (Lipinski definition) is 3. The number of likely N-dealkylation sites (tertiary alicyclic amines) is 1. The zero-order chi connectivity index (χ0) is 17.0. The second-order valence-electron chi connectivity index (χ2n) is 6.16. The summed E-state index contributed by atoms with van der Waals surface area (Å²) < 4.78 is 37.1. The molecule has 0 spiro atoms. The average Bonchev–Trinajstić information content (AvgIpc) is 2.90. The van der Waals surface area contributed by atoms with Crippen LogP contribution in [0.25, 0.3) is 0 Å². The van der Waals surface area contributed by atoms with E-state index < -0.39 is 12.7 Å². The summed E-state index contributed by atoms with van der Waals surface area (Å²) in [6, 6.07) is 7.24. The van der Waals surface area contributed by atoms with Crippen molar-refractivity contribution in [2.75, 3.05) is 45.2 Å². The Bertz CT molecular complexity index is 546. The van der Waals surface area contributed by atoms with E-state index in [9.17, 15) is 18.0 Å². The number of hydrogen-bond donors (Lipinski definition) is 1. The lowest BCUT2D eigenvalue weighted by atomic mass is 10.1. The molecule has 7 heteroatoms. The molecule has 1 aliphatic rings. The van der Waals surface area contributed by atoms with Gasteiger partial charge in [-0.2, -0.15) is 13.2 Å². The molecular weight excluding hydrogens is 307 g/mol. The van der Waals surface area contributed by atoms with Gasteiger partial charge in [-0.1, -0.05) is 6.07 Å². The molecule has 0 aromatic heterocycles. The minimum atomic E-state index is -4.16. The topological polar surface area (TPSA) is 35.6 Å². The molecular formula is C16H22F3N3O. The molecule has 1 saturated heterocycles. The van der Waals surface area contributed by atoms with Crippen LogP contribution in [0.3, 0.4) is 0 Å². The molecule has 1 atom stereocenters. The van der Waals surface area contributed by atoms with E-state index in [1.807, 2.05) is 31.1 Å². The van der Waals surface area contributed by atoms with E-state index >= 15 is 0 Å². The van der Waals surface area contributed by atoms with Gasteiger partial charge in [-0.15, -0.1) is 0 Å². The van der Waals surface area contributed by atoms with Gasteiger partial charge in [-0.25, -0.2) is 0 Å². The fraction of sp³-hybridized carbons (Fsp3) is 0.562. The van der Waals surface area contributed by atoms with Crippen molar-refractivity contribution in [2.24, 2.45) is 5.92 Å². The van der Waals surface area contributed by atoms with Crippen molar-refractivity contribution >= 4 is 11.6 Å². The Hall–Kier alpha value is -1.76. The Labute approximate surface area is 134 Å². The largest absolute Gasteiger partial charge is 0.401 e. The molecule has 2 rings (SSSR count). The maximum atomic E-state index is 12.4. The molecule has 4 nitrogen and oxygen atoms in total. The number of benzene rings is 1. The number of anilines is 1. The van der Waals surface area contributed by atoms with Gasteiger partial charge in [0, 0.05) is 38.4 Å². The first kappa shape index (κ1) is 17.6. The first-order chi connectivity index (χ1) is 10.7. The Morgan fingerprint density at radius 1 is 1.39 bits per heavy atom. The molecule has 1 aromatic carbocycles. The van der Waals surface area contributed by atoms with Crippen molar-refractivity contribution in [1.29, 1.82) is 0 Å². The highest BCUT2D eigenvalue weighted by Gasteiger charge is 2.34. The lowest BCUT2D eigenvalue weighted by Gasteiger charge is -2.18. The third kappa shape index (κ3) is 5.42. The van der Waals surface area contributed by atoms with Crippen LogP contribution in [0.2, 0.25) is 0 Å². The van der Waals surface area contributed by atoms with Gasteiger partial charge in [0.25, 0.3) is 5.91 Å². The predicted molar refractivity (Wildman–Crippen MR) is 83.7 cm³/mol. The summed E-state index contributed by atoms with van der Waals surface area (Å²) in [6.45, 7) is 0.329. The molecule has 1 fully saturated rings. The van der Waals surface area contributed by atoms with Crippen LogP contribution in [-0.2, 0) is 0 Å². The van der Waals surface area contributed by atoms with E-state index in [0.29, 0.717) is 31.6 Å². The second kappa shape index (κ2) is 7.21. The van der Waals surface area contributed by atoms with Crippen molar-refractivity contribution < 1.29 is 18.0 Å². The van der Waals surface area contributed by atoms with E-state index in [-0.39, 0.29) is 11.8 Å². The average molecular weight is 329 g/mol. The zero-order valence-electron chi connectivity index (χ0n) is 13.4. The number of halogens is 3. The summed E-state index contributed by atoms with van der Waals surface area (Å²) in [5.74, 6) is -0.124. The fourth-order valence-corrected chi connectivity index (χ4v) is 2.74. The van der Waals surface area contributed by atoms with Crippen LogP contribution in [0.15, 0.2) is 24.3 Å². The summed E-state index contributed by atoms with van der Waals surface area (Å²) in [6.07, 6.45) is -3.49. The van der Waals surface area contributed by atoms with Gasteiger partial charge in [0.1, 0.15) is 0 Å². The highest BCUT2D eigenvalue weighted by atomic mass is 19.4. The van der Waals surface area contributed by atoms with Gasteiger partial charge in [0.15, 0.2) is 0 Å². The molecule has 128 valence electrons. The lowest BCUT2D eigenvalue weighted by Crippen LogP contribution is -2.34. The van der Waals surface area contributed by atoms with Crippen LogP contribution in [0.5, 0.6) is 0 Å². The number of amides is 1. The van der Waals surface area contributed by atoms with Gasteiger partial charge < -0.3 is 10.2 Å². The summed E-state index contributed by atoms with van der Waals surface area (Å²) in [4.78, 5) is 15.5. The van der Waals surface area contributed by atoms with Gasteiger partial charge in [-0.3, -0.25) is 9.69 Å². The van der Waals surface area contributed by atoms with Crippen LogP contribution >= 0.6 is 0 Å². The Kier molecular flexibility index (Phi) is 5.51. The van der Waals surface area contributed by atoms with Gasteiger partial charge in [0.2, 0.25) is 0 Å². The molecule has 1 heterocycles. The third-order valence-electron chi connectivity index (χ3n) is 3.95. The minimum absolute atomic E-state index is 0.0679. The lowest BCUT2D eigenvalue weighted by molar-refractivity contribution is -0.143. The van der Waals surface area contributed by atoms with Gasteiger partial charge in [0.05, 0.1) is 6.54 Å². The SMILES string of the molecule is CN(C)c1cccc(C(=O)NC[C@H]2CCN(CC(F)(F)F)C2)c1. The number of alkyl halides is 3. The van der Waals surface area contributed by atoms with Crippen molar-refractivity contribution in [2.45, 2.75) is 12.6 Å². The highest BCUT2D eigenvalue weighted by molar-refractivity contribution is 5.95. The quantitative estimate of drug-likeness (QED) is 0.901. The van der Waals surface area contributed by atoms with E-state index in [1.165, 1.54) is 4.90 Å². The fourth-order valence-electron chi connectivity index (χ4n) is 2.74. The first-order valence-electron chi connectivity index (χ1n) is 7.59. The normalized spacial score (nSPS) is 18.9. The molecule has 1 aromatic rings. The van der Waals surface area contributed by atoms with Gasteiger partial charge in [-0.05, 0) is 37.1 Å². The summed E-state index contributed by atoms with van der Waals surface area (Å²) >= 11 is 0. The molecule has 1 aliphatic heterocycles. The Morgan fingerprint density at radius 2 is 2.13 bits per heavy atom. The monoisotopic (exact) mass is 329 g/mol. The molecule has 0 bridgehead atoms. The van der Waals surface area contributed by atoms with Crippen LogP contribution in [0.4, 0.5) is 18.9 Å². The van der Waals surface area contributed by atoms with E-state index in [1.54, 1.807) is 12.1 Å². The van der Waals surface area contributed by atoms with Crippen molar-refractivity contribution in [1.82, 2.24) is 10.2 Å². The molecule has 0 aliphatic carbocycles. The maximum Gasteiger partial charge on any atom is 0.401 e. The minimum Gasteiger partial charge on any atom is -0.378 e. The number of carbonyl (C=O) groups is 1. The number of rotatable bonds is 5. The molecule has 1 N–H and O–H groups in total. The molecule has 23 heavy (non-hydrogen) atoms. The standard InChI is InChI=1S/C16H22F3N3O/c1-21(2)14-5-3-4-13(8-14)15(23)20-9-12-6-7-22(10-12)11-16(17,18)19/h3-5,8,12H,6-7,9-11H2,1-2H3,(H,20,23)/t12-/m1/s1. The van der Waals surface area contributed by atoms with Crippen molar-refractivity contribution in [3.63, 3.8) is 0 Å². The predicted octanol–water partition coefficient (Wildman–Crippen LogP) is 2.37. The molecule has 0 radical (unpaired) electrons. The summed E-state index contributed by atoms with van der Waals surface area (Å²) in [5, 5.41) is 2.83. The zero-order valence-corrected chi connectivity index (χ0v) is 13.4. The summed E-state index contributed by atoms with van der Waals surface area (Å²) in [5.41, 5.74) is 1.48. The van der Waals surface area contributed by atoms with Crippen LogP contribution < -0.4 is 10.2 Å². The summed E-state index contributed by atoms with van der Waals surface area (Å²) in [7, 11) is 3.79. The van der Waals surface area contributed by atoms with Gasteiger partial charge >= 0.3 is 6.18 Å². The third-order valence-corrected chi connectivity index (χ3v) is 3.95. The van der Waals surface area contributed by atoms with Crippen molar-refractivity contribution in [3.8, 4) is 0 Å².